The van der Waals surface area contributed by atoms with Crippen molar-refractivity contribution < 1.29 is 5.11 Å². The number of nitrogens with two attached hydrogens (primary N) is 1. The molecule has 0 spiro atoms. The number of aliphatic hydroxyl groups is 1. The van der Waals surface area contributed by atoms with Crippen LogP contribution in [0.5, 0.6) is 0 Å². The Morgan fingerprint density at radius 1 is 1.57 bits per heavy atom. The average Bonchev–Trinajstić information content (AvgIpc) is 2.89. The molecule has 14 heavy (non-hydrogen) atoms. The number of hydrogen-bond acceptors (Lipinski definition) is 4. The maximum Gasteiger partial charge on any atom is 0.0991 e. The molecule has 1 saturated carbocycles. The van der Waals surface area contributed by atoms with E-state index in [1.807, 2.05) is 11.6 Å². The van der Waals surface area contributed by atoms with Gasteiger partial charge >= 0.3 is 0 Å². The van der Waals surface area contributed by atoms with Gasteiger partial charge in [-0.15, -0.1) is 5.10 Å². The molecule has 0 unspecified atom stereocenters. The summed E-state index contributed by atoms with van der Waals surface area (Å²) >= 11 is 0. The lowest BCUT2D eigenvalue weighted by molar-refractivity contribution is 0.189. The quantitative estimate of drug-likeness (QED) is 0.700. The largest absolute Gasteiger partial charge is 0.396 e. The van der Waals surface area contributed by atoms with Crippen molar-refractivity contribution in [3.63, 3.8) is 0 Å². The third kappa shape index (κ3) is 1.53. The fourth-order valence-corrected chi connectivity index (χ4v) is 1.60. The van der Waals surface area contributed by atoms with Crippen molar-refractivity contribution in [2.75, 3.05) is 6.61 Å². The third-order valence-electron chi connectivity index (χ3n) is 3.05. The minimum atomic E-state index is 0.0737. The van der Waals surface area contributed by atoms with Crippen molar-refractivity contribution in [3.8, 4) is 0 Å². The monoisotopic (exact) mass is 196 g/mol. The van der Waals surface area contributed by atoms with E-state index in [-0.39, 0.29) is 12.0 Å². The molecular weight excluding hydrogens is 180 g/mol. The zero-order valence-corrected chi connectivity index (χ0v) is 8.40. The summed E-state index contributed by atoms with van der Waals surface area (Å²) < 4.78 is 1.85. The van der Waals surface area contributed by atoms with Gasteiger partial charge in [-0.05, 0) is 19.8 Å². The Morgan fingerprint density at radius 3 is 2.71 bits per heavy atom. The zero-order chi connectivity index (χ0) is 10.2. The van der Waals surface area contributed by atoms with Gasteiger partial charge in [0.05, 0.1) is 24.5 Å². The molecular formula is C9H16N4O. The van der Waals surface area contributed by atoms with Gasteiger partial charge in [0.25, 0.3) is 0 Å². The van der Waals surface area contributed by atoms with Crippen LogP contribution in [0.4, 0.5) is 0 Å². The predicted molar refractivity (Wildman–Crippen MR) is 51.4 cm³/mol. The van der Waals surface area contributed by atoms with E-state index < -0.39 is 0 Å². The van der Waals surface area contributed by atoms with Crippen molar-refractivity contribution in [1.29, 1.82) is 0 Å². The van der Waals surface area contributed by atoms with E-state index in [4.69, 9.17) is 5.73 Å². The van der Waals surface area contributed by atoms with Crippen molar-refractivity contribution in [1.82, 2.24) is 15.0 Å². The Bertz CT molecular complexity index is 330. The van der Waals surface area contributed by atoms with E-state index in [0.29, 0.717) is 6.54 Å². The first-order valence-electron chi connectivity index (χ1n) is 4.91. The van der Waals surface area contributed by atoms with Crippen molar-refractivity contribution >= 4 is 0 Å². The van der Waals surface area contributed by atoms with Crippen LogP contribution in [0, 0.1) is 12.3 Å². The van der Waals surface area contributed by atoms with Gasteiger partial charge in [-0.2, -0.15) is 0 Å². The van der Waals surface area contributed by atoms with Crippen molar-refractivity contribution in [2.45, 2.75) is 32.9 Å². The smallest absolute Gasteiger partial charge is 0.0991 e. The first-order chi connectivity index (χ1) is 6.71. The molecule has 2 rings (SSSR count). The Kier molecular flexibility index (Phi) is 2.28. The number of aliphatic hydroxyl groups excluding tert-OH is 1. The topological polar surface area (TPSA) is 77.0 Å². The molecule has 5 heteroatoms. The van der Waals surface area contributed by atoms with Crippen LogP contribution in [-0.4, -0.2) is 26.7 Å². The second-order valence-corrected chi connectivity index (χ2v) is 4.14. The van der Waals surface area contributed by atoms with Gasteiger partial charge < -0.3 is 10.8 Å². The highest BCUT2D eigenvalue weighted by molar-refractivity contribution is 5.08. The van der Waals surface area contributed by atoms with E-state index in [1.165, 1.54) is 0 Å². The standard InChI is InChI=1S/C9H16N4O/c1-7-8(4-10)11-12-13(7)5-9(6-14)2-3-9/h14H,2-6,10H2,1H3. The Hall–Kier alpha value is -0.940. The molecule has 0 bridgehead atoms. The van der Waals surface area contributed by atoms with Gasteiger partial charge in [-0.25, -0.2) is 4.68 Å². The van der Waals surface area contributed by atoms with Crippen LogP contribution in [0.2, 0.25) is 0 Å². The SMILES string of the molecule is Cc1c(CN)nnn1CC1(CO)CC1. The first-order valence-corrected chi connectivity index (χ1v) is 4.91. The van der Waals surface area contributed by atoms with Crippen LogP contribution in [0.1, 0.15) is 24.2 Å². The van der Waals surface area contributed by atoms with Crippen LogP contribution in [0.15, 0.2) is 0 Å². The second-order valence-electron chi connectivity index (χ2n) is 4.14. The molecule has 0 saturated heterocycles. The fourth-order valence-electron chi connectivity index (χ4n) is 1.60. The summed E-state index contributed by atoms with van der Waals surface area (Å²) in [6, 6.07) is 0. The number of rotatable bonds is 4. The molecule has 0 amide bonds. The molecule has 1 aromatic rings. The van der Waals surface area contributed by atoms with Crippen molar-refractivity contribution in [3.05, 3.63) is 11.4 Å². The number of aromatic nitrogens is 3. The highest BCUT2D eigenvalue weighted by Gasteiger charge is 2.42. The van der Waals surface area contributed by atoms with E-state index in [1.54, 1.807) is 0 Å². The summed E-state index contributed by atoms with van der Waals surface area (Å²) in [5, 5.41) is 17.2. The van der Waals surface area contributed by atoms with Gasteiger partial charge in [0, 0.05) is 12.0 Å². The van der Waals surface area contributed by atoms with Gasteiger partial charge in [0.1, 0.15) is 0 Å². The van der Waals surface area contributed by atoms with Crippen LogP contribution in [-0.2, 0) is 13.1 Å². The lowest BCUT2D eigenvalue weighted by Crippen LogP contribution is -2.17. The molecule has 1 aliphatic carbocycles. The molecule has 1 aliphatic rings. The highest BCUT2D eigenvalue weighted by Crippen LogP contribution is 2.46. The fraction of sp³-hybridized carbons (Fsp3) is 0.778. The average molecular weight is 196 g/mol. The van der Waals surface area contributed by atoms with E-state index in [0.717, 1.165) is 30.8 Å². The van der Waals surface area contributed by atoms with Gasteiger partial charge in [-0.1, -0.05) is 5.21 Å². The Labute approximate surface area is 82.9 Å². The van der Waals surface area contributed by atoms with Gasteiger partial charge in [0.2, 0.25) is 0 Å². The molecule has 78 valence electrons. The Balaban J connectivity index is 2.13. The minimum absolute atomic E-state index is 0.0737. The minimum Gasteiger partial charge on any atom is -0.396 e. The summed E-state index contributed by atoms with van der Waals surface area (Å²) in [5.74, 6) is 0. The van der Waals surface area contributed by atoms with Crippen LogP contribution >= 0.6 is 0 Å². The third-order valence-corrected chi connectivity index (χ3v) is 3.05. The van der Waals surface area contributed by atoms with Crippen LogP contribution in [0.3, 0.4) is 0 Å². The summed E-state index contributed by atoms with van der Waals surface area (Å²) in [4.78, 5) is 0. The summed E-state index contributed by atoms with van der Waals surface area (Å²) in [6.07, 6.45) is 2.17. The van der Waals surface area contributed by atoms with E-state index in [9.17, 15) is 5.11 Å². The van der Waals surface area contributed by atoms with E-state index in [2.05, 4.69) is 10.3 Å². The first kappa shape index (κ1) is 9.61. The van der Waals surface area contributed by atoms with Crippen LogP contribution in [0.25, 0.3) is 0 Å². The molecule has 0 aliphatic heterocycles. The predicted octanol–water partition coefficient (Wildman–Crippen LogP) is -0.182. The lowest BCUT2D eigenvalue weighted by atomic mass is 10.1. The molecule has 5 nitrogen and oxygen atoms in total. The zero-order valence-electron chi connectivity index (χ0n) is 8.40. The highest BCUT2D eigenvalue weighted by atomic mass is 16.3. The maximum absolute atomic E-state index is 9.19. The maximum atomic E-state index is 9.19. The summed E-state index contributed by atoms with van der Waals surface area (Å²) in [5.41, 5.74) is 7.45. The number of nitrogens with zero attached hydrogens (tertiary/aromatic N) is 3. The molecule has 0 atom stereocenters. The number of hydrogen-bond donors (Lipinski definition) is 2. The van der Waals surface area contributed by atoms with Gasteiger partial charge in [-0.3, -0.25) is 0 Å². The molecule has 0 aromatic carbocycles. The van der Waals surface area contributed by atoms with Gasteiger partial charge in [0.15, 0.2) is 0 Å². The molecule has 1 aromatic heterocycles. The molecule has 1 heterocycles. The second kappa shape index (κ2) is 3.33. The summed E-state index contributed by atoms with van der Waals surface area (Å²) in [6.45, 7) is 3.40. The molecule has 0 radical (unpaired) electrons. The van der Waals surface area contributed by atoms with Crippen LogP contribution < -0.4 is 5.73 Å². The van der Waals surface area contributed by atoms with E-state index >= 15 is 0 Å². The summed E-state index contributed by atoms with van der Waals surface area (Å²) in [7, 11) is 0. The lowest BCUT2D eigenvalue weighted by Gasteiger charge is -2.11. The van der Waals surface area contributed by atoms with Crippen molar-refractivity contribution in [2.24, 2.45) is 11.1 Å². The normalized spacial score (nSPS) is 18.5. The molecule has 3 N–H and O–H groups in total. The molecule has 1 fully saturated rings. The Morgan fingerprint density at radius 2 is 2.29 bits per heavy atom.